The molecule has 176 valence electrons. The first-order chi connectivity index (χ1) is 18.8. The van der Waals surface area contributed by atoms with Crippen LogP contribution < -0.4 is 0 Å². The molecule has 0 aliphatic carbocycles. The molecular weight excluding hydrogens is 456 g/mol. The smallest absolute Gasteiger partial charge is 0.00987 e. The molecule has 0 N–H and O–H groups in total. The fraction of sp³-hybridized carbons (Fsp3) is 0. The van der Waals surface area contributed by atoms with Crippen LogP contribution in [0.2, 0.25) is 0 Å². The molecular formula is C38H24. The van der Waals surface area contributed by atoms with Crippen LogP contribution in [0.25, 0.3) is 76.1 Å². The summed E-state index contributed by atoms with van der Waals surface area (Å²) in [5.74, 6) is 0. The predicted molar refractivity (Wildman–Crippen MR) is 165 cm³/mol. The van der Waals surface area contributed by atoms with Crippen molar-refractivity contribution in [2.45, 2.75) is 0 Å². The van der Waals surface area contributed by atoms with Crippen molar-refractivity contribution in [1.82, 2.24) is 0 Å². The van der Waals surface area contributed by atoms with Gasteiger partial charge in [0.2, 0.25) is 0 Å². The first kappa shape index (κ1) is 21.2. The topological polar surface area (TPSA) is 0 Å². The van der Waals surface area contributed by atoms with E-state index in [1.165, 1.54) is 76.1 Å². The molecule has 0 amide bonds. The zero-order valence-electron chi connectivity index (χ0n) is 20.9. The van der Waals surface area contributed by atoms with Gasteiger partial charge in [-0.3, -0.25) is 0 Å². The van der Waals surface area contributed by atoms with Crippen LogP contribution in [0, 0.1) is 0 Å². The quantitative estimate of drug-likeness (QED) is 0.170. The fourth-order valence-electron chi connectivity index (χ4n) is 6.24. The van der Waals surface area contributed by atoms with Crippen molar-refractivity contribution in [2.75, 3.05) is 0 Å². The van der Waals surface area contributed by atoms with E-state index in [1.807, 2.05) is 0 Å². The van der Waals surface area contributed by atoms with E-state index in [0.717, 1.165) is 0 Å². The molecule has 0 heterocycles. The van der Waals surface area contributed by atoms with Crippen molar-refractivity contribution >= 4 is 53.9 Å². The Hall–Kier alpha value is -4.94. The highest BCUT2D eigenvalue weighted by atomic mass is 14.2. The molecule has 0 aliphatic rings. The maximum atomic E-state index is 2.37. The molecule has 0 bridgehead atoms. The van der Waals surface area contributed by atoms with E-state index in [2.05, 4.69) is 146 Å². The van der Waals surface area contributed by atoms with Gasteiger partial charge in [-0.25, -0.2) is 0 Å². The molecule has 0 unspecified atom stereocenters. The van der Waals surface area contributed by atoms with Gasteiger partial charge in [0.1, 0.15) is 0 Å². The van der Waals surface area contributed by atoms with E-state index in [9.17, 15) is 0 Å². The number of hydrogen-bond acceptors (Lipinski definition) is 0. The molecule has 0 aromatic heterocycles. The van der Waals surface area contributed by atoms with Gasteiger partial charge < -0.3 is 0 Å². The molecule has 0 nitrogen and oxygen atoms in total. The minimum Gasteiger partial charge on any atom is -0.0616 e. The van der Waals surface area contributed by atoms with Crippen molar-refractivity contribution in [3.05, 3.63) is 146 Å². The SMILES string of the molecule is c1ccc2c(-c3ccc(-c4cccc5cc6c(ccc7ccccc76)cc45)c4ccccc34)cccc2c1. The van der Waals surface area contributed by atoms with Crippen LogP contribution in [-0.2, 0) is 0 Å². The third-order valence-corrected chi connectivity index (χ3v) is 8.04. The van der Waals surface area contributed by atoms with Crippen molar-refractivity contribution in [2.24, 2.45) is 0 Å². The summed E-state index contributed by atoms with van der Waals surface area (Å²) < 4.78 is 0. The molecule has 0 aliphatic heterocycles. The Balaban J connectivity index is 1.40. The summed E-state index contributed by atoms with van der Waals surface area (Å²) in [4.78, 5) is 0. The molecule has 8 aromatic rings. The number of fused-ring (bicyclic) bond motifs is 6. The van der Waals surface area contributed by atoms with Crippen LogP contribution in [-0.4, -0.2) is 0 Å². The first-order valence-electron chi connectivity index (χ1n) is 13.2. The monoisotopic (exact) mass is 480 g/mol. The molecule has 0 saturated heterocycles. The van der Waals surface area contributed by atoms with Crippen molar-refractivity contribution < 1.29 is 0 Å². The minimum atomic E-state index is 1.27. The molecule has 0 fully saturated rings. The lowest BCUT2D eigenvalue weighted by molar-refractivity contribution is 1.66. The number of hydrogen-bond donors (Lipinski definition) is 0. The molecule has 8 rings (SSSR count). The van der Waals surface area contributed by atoms with Crippen molar-refractivity contribution in [3.63, 3.8) is 0 Å². The predicted octanol–water partition coefficient (Wildman–Crippen LogP) is 10.8. The van der Waals surface area contributed by atoms with Crippen LogP contribution in [0.5, 0.6) is 0 Å². The van der Waals surface area contributed by atoms with E-state index in [4.69, 9.17) is 0 Å². The number of rotatable bonds is 2. The first-order valence-corrected chi connectivity index (χ1v) is 13.2. The summed E-state index contributed by atoms with van der Waals surface area (Å²) in [6.07, 6.45) is 0. The summed E-state index contributed by atoms with van der Waals surface area (Å²) in [6, 6.07) is 53.4. The van der Waals surface area contributed by atoms with E-state index >= 15 is 0 Å². The highest BCUT2D eigenvalue weighted by molar-refractivity contribution is 6.16. The zero-order valence-corrected chi connectivity index (χ0v) is 20.9. The van der Waals surface area contributed by atoms with E-state index < -0.39 is 0 Å². The lowest BCUT2D eigenvalue weighted by atomic mass is 9.88. The Bertz CT molecular complexity index is 2180. The largest absolute Gasteiger partial charge is 0.0616 e. The zero-order chi connectivity index (χ0) is 25.1. The molecule has 0 radical (unpaired) electrons. The third-order valence-electron chi connectivity index (χ3n) is 8.04. The standard InChI is InChI=1S/C38H24/c1-3-13-29-25(9-1)11-7-17-31(29)35-21-22-36(33-16-6-5-15-32(33)35)34-18-8-12-27-23-37-28(24-38(27)34)20-19-26-10-2-4-14-30(26)37/h1-24H. The van der Waals surface area contributed by atoms with E-state index in [0.29, 0.717) is 0 Å². The second-order valence-electron chi connectivity index (χ2n) is 10.1. The fourth-order valence-corrected chi connectivity index (χ4v) is 6.24. The van der Waals surface area contributed by atoms with Crippen LogP contribution in [0.4, 0.5) is 0 Å². The van der Waals surface area contributed by atoms with Crippen LogP contribution >= 0.6 is 0 Å². The van der Waals surface area contributed by atoms with Crippen LogP contribution in [0.15, 0.2) is 146 Å². The van der Waals surface area contributed by atoms with Crippen molar-refractivity contribution in [3.8, 4) is 22.3 Å². The number of benzene rings is 8. The van der Waals surface area contributed by atoms with Gasteiger partial charge in [-0.2, -0.15) is 0 Å². The summed E-state index contributed by atoms with van der Waals surface area (Å²) in [5.41, 5.74) is 5.11. The molecule has 0 saturated carbocycles. The Labute approximate surface area is 221 Å². The highest BCUT2D eigenvalue weighted by Crippen LogP contribution is 2.41. The van der Waals surface area contributed by atoms with Gasteiger partial charge in [0.15, 0.2) is 0 Å². The Kier molecular flexibility index (Phi) is 4.62. The van der Waals surface area contributed by atoms with Crippen LogP contribution in [0.1, 0.15) is 0 Å². The second-order valence-corrected chi connectivity index (χ2v) is 10.1. The average molecular weight is 481 g/mol. The molecule has 0 spiro atoms. The van der Waals surface area contributed by atoms with Gasteiger partial charge in [0.25, 0.3) is 0 Å². The molecule has 0 heteroatoms. The van der Waals surface area contributed by atoms with Gasteiger partial charge in [0, 0.05) is 0 Å². The van der Waals surface area contributed by atoms with Gasteiger partial charge in [-0.15, -0.1) is 0 Å². The van der Waals surface area contributed by atoms with E-state index in [1.54, 1.807) is 0 Å². The summed E-state index contributed by atoms with van der Waals surface area (Å²) in [7, 11) is 0. The summed E-state index contributed by atoms with van der Waals surface area (Å²) in [6.45, 7) is 0. The minimum absolute atomic E-state index is 1.27. The van der Waals surface area contributed by atoms with Gasteiger partial charge in [-0.1, -0.05) is 133 Å². The Morgan fingerprint density at radius 3 is 1.34 bits per heavy atom. The maximum absolute atomic E-state index is 2.37. The molecule has 0 atom stereocenters. The van der Waals surface area contributed by atoms with Gasteiger partial charge in [-0.05, 0) is 88.2 Å². The van der Waals surface area contributed by atoms with Gasteiger partial charge >= 0.3 is 0 Å². The third kappa shape index (κ3) is 3.17. The van der Waals surface area contributed by atoms with Crippen LogP contribution in [0.3, 0.4) is 0 Å². The molecule has 8 aromatic carbocycles. The normalized spacial score (nSPS) is 11.7. The molecule has 38 heavy (non-hydrogen) atoms. The van der Waals surface area contributed by atoms with Gasteiger partial charge in [0.05, 0.1) is 0 Å². The lowest BCUT2D eigenvalue weighted by Gasteiger charge is -2.16. The summed E-state index contributed by atoms with van der Waals surface area (Å²) >= 11 is 0. The van der Waals surface area contributed by atoms with Crippen molar-refractivity contribution in [1.29, 1.82) is 0 Å². The Morgan fingerprint density at radius 1 is 0.211 bits per heavy atom. The Morgan fingerprint density at radius 2 is 0.632 bits per heavy atom. The highest BCUT2D eigenvalue weighted by Gasteiger charge is 2.14. The average Bonchev–Trinajstić information content (AvgIpc) is 2.99. The lowest BCUT2D eigenvalue weighted by Crippen LogP contribution is -1.89. The second kappa shape index (κ2) is 8.30. The van der Waals surface area contributed by atoms with E-state index in [-0.39, 0.29) is 0 Å². The summed E-state index contributed by atoms with van der Waals surface area (Å²) in [5, 5.41) is 12.9. The maximum Gasteiger partial charge on any atom is -0.00987 e.